The summed E-state index contributed by atoms with van der Waals surface area (Å²) in [5.74, 6) is -0.238. The Kier molecular flexibility index (Phi) is 5.41. The molecule has 5 nitrogen and oxygen atoms in total. The number of hydrogen-bond acceptors (Lipinski definition) is 4. The highest BCUT2D eigenvalue weighted by Gasteiger charge is 2.37. The number of nitrogens with one attached hydrogen (secondary N) is 1. The van der Waals surface area contributed by atoms with Crippen LogP contribution in [0.4, 0.5) is 0 Å². The molecule has 1 saturated heterocycles. The van der Waals surface area contributed by atoms with Gasteiger partial charge in [-0.1, -0.05) is 6.92 Å². The second kappa shape index (κ2) is 6.87. The van der Waals surface area contributed by atoms with Crippen molar-refractivity contribution in [2.24, 2.45) is 5.73 Å². The Morgan fingerprint density at radius 2 is 2.20 bits per heavy atom. The van der Waals surface area contributed by atoms with E-state index in [9.17, 15) is 4.79 Å². The van der Waals surface area contributed by atoms with Crippen molar-refractivity contribution in [3.05, 3.63) is 0 Å². The van der Waals surface area contributed by atoms with E-state index in [1.165, 1.54) is 6.42 Å². The van der Waals surface area contributed by atoms with Crippen molar-refractivity contribution < 1.29 is 9.53 Å². The van der Waals surface area contributed by atoms with Gasteiger partial charge in [-0.05, 0) is 45.6 Å². The fourth-order valence-corrected chi connectivity index (χ4v) is 2.78. The van der Waals surface area contributed by atoms with Gasteiger partial charge in [-0.15, -0.1) is 0 Å². The summed E-state index contributed by atoms with van der Waals surface area (Å²) in [5.41, 5.74) is 5.02. The summed E-state index contributed by atoms with van der Waals surface area (Å²) in [6.07, 6.45) is 5.78. The number of nitrogens with two attached hydrogens (primary N) is 1. The lowest BCUT2D eigenvalue weighted by Gasteiger charge is -2.31. The first-order valence-electron chi connectivity index (χ1n) is 7.95. The monoisotopic (exact) mass is 283 g/mol. The Hall–Kier alpha value is -0.650. The van der Waals surface area contributed by atoms with Crippen LogP contribution in [0, 0.1) is 0 Å². The molecule has 1 aliphatic heterocycles. The molecule has 0 spiro atoms. The molecule has 116 valence electrons. The highest BCUT2D eigenvalue weighted by atomic mass is 16.5. The van der Waals surface area contributed by atoms with Crippen LogP contribution in [0.25, 0.3) is 0 Å². The van der Waals surface area contributed by atoms with E-state index >= 15 is 0 Å². The molecule has 0 radical (unpaired) electrons. The number of likely N-dealkylation sites (N-methyl/N-ethyl adjacent to an activating group) is 1. The summed E-state index contributed by atoms with van der Waals surface area (Å²) in [4.78, 5) is 14.1. The number of primary amides is 1. The van der Waals surface area contributed by atoms with Crippen LogP contribution in [0.2, 0.25) is 0 Å². The first-order chi connectivity index (χ1) is 9.53. The molecule has 0 bridgehead atoms. The summed E-state index contributed by atoms with van der Waals surface area (Å²) in [5, 5.41) is 3.41. The van der Waals surface area contributed by atoms with E-state index in [-0.39, 0.29) is 5.91 Å². The van der Waals surface area contributed by atoms with Gasteiger partial charge in [0.15, 0.2) is 0 Å². The minimum absolute atomic E-state index is 0.238. The van der Waals surface area contributed by atoms with Gasteiger partial charge in [-0.2, -0.15) is 0 Å². The van der Waals surface area contributed by atoms with Crippen LogP contribution in [-0.2, 0) is 9.53 Å². The highest BCUT2D eigenvalue weighted by Crippen LogP contribution is 2.24. The molecule has 1 amide bonds. The van der Waals surface area contributed by atoms with E-state index in [1.54, 1.807) is 0 Å². The molecule has 2 fully saturated rings. The zero-order valence-corrected chi connectivity index (χ0v) is 12.9. The van der Waals surface area contributed by atoms with Crippen LogP contribution in [0.5, 0.6) is 0 Å². The van der Waals surface area contributed by atoms with Crippen LogP contribution >= 0.6 is 0 Å². The smallest absolute Gasteiger partial charge is 0.237 e. The van der Waals surface area contributed by atoms with E-state index in [0.717, 1.165) is 51.9 Å². The lowest BCUT2D eigenvalue weighted by molar-refractivity contribution is -0.124. The SMILES string of the molecule is CCN(CCC(C)(NC1CC1)C(N)=O)CC1CCCO1. The Morgan fingerprint density at radius 1 is 1.45 bits per heavy atom. The maximum Gasteiger partial charge on any atom is 0.237 e. The molecule has 20 heavy (non-hydrogen) atoms. The molecule has 1 aliphatic carbocycles. The standard InChI is InChI=1S/C15H29N3O2/c1-3-18(11-13-5-4-10-20-13)9-8-15(2,14(16)19)17-12-6-7-12/h12-13,17H,3-11H2,1-2H3,(H2,16,19). The fraction of sp³-hybridized carbons (Fsp3) is 0.933. The molecule has 5 heteroatoms. The summed E-state index contributed by atoms with van der Waals surface area (Å²) in [6, 6.07) is 0.487. The summed E-state index contributed by atoms with van der Waals surface area (Å²) >= 11 is 0. The number of carbonyl (C=O) groups excluding carboxylic acids is 1. The predicted octanol–water partition coefficient (Wildman–Crippen LogP) is 0.873. The number of ether oxygens (including phenoxy) is 1. The Bertz CT molecular complexity index is 327. The number of carbonyl (C=O) groups is 1. The second-order valence-electron chi connectivity index (χ2n) is 6.39. The quantitative estimate of drug-likeness (QED) is 0.659. The molecule has 2 aliphatic rings. The van der Waals surface area contributed by atoms with Gasteiger partial charge < -0.3 is 20.7 Å². The van der Waals surface area contributed by atoms with Crippen molar-refractivity contribution >= 4 is 5.91 Å². The van der Waals surface area contributed by atoms with E-state index in [4.69, 9.17) is 10.5 Å². The van der Waals surface area contributed by atoms with Gasteiger partial charge >= 0.3 is 0 Å². The number of hydrogen-bond donors (Lipinski definition) is 2. The van der Waals surface area contributed by atoms with E-state index in [0.29, 0.717) is 12.1 Å². The average molecular weight is 283 g/mol. The number of rotatable bonds is 9. The first-order valence-corrected chi connectivity index (χ1v) is 7.95. The maximum absolute atomic E-state index is 11.7. The molecule has 3 N–H and O–H groups in total. The van der Waals surface area contributed by atoms with Crippen LogP contribution in [0.15, 0.2) is 0 Å². The van der Waals surface area contributed by atoms with Crippen molar-refractivity contribution in [2.75, 3.05) is 26.2 Å². The molecule has 0 aromatic carbocycles. The largest absolute Gasteiger partial charge is 0.377 e. The third-order valence-corrected chi connectivity index (χ3v) is 4.50. The molecular weight excluding hydrogens is 254 g/mol. The van der Waals surface area contributed by atoms with Crippen LogP contribution in [0.1, 0.15) is 46.0 Å². The van der Waals surface area contributed by atoms with Gasteiger partial charge in [0.25, 0.3) is 0 Å². The molecule has 1 heterocycles. The predicted molar refractivity (Wildman–Crippen MR) is 79.5 cm³/mol. The molecule has 2 rings (SSSR count). The minimum atomic E-state index is -0.578. The fourth-order valence-electron chi connectivity index (χ4n) is 2.78. The second-order valence-corrected chi connectivity index (χ2v) is 6.39. The summed E-state index contributed by atoms with van der Waals surface area (Å²) in [6.45, 7) is 7.82. The van der Waals surface area contributed by atoms with Gasteiger partial charge in [0, 0.05) is 25.7 Å². The van der Waals surface area contributed by atoms with Gasteiger partial charge in [0.1, 0.15) is 0 Å². The minimum Gasteiger partial charge on any atom is -0.377 e. The van der Waals surface area contributed by atoms with Crippen molar-refractivity contribution in [3.63, 3.8) is 0 Å². The average Bonchev–Trinajstić information content (AvgIpc) is 3.07. The van der Waals surface area contributed by atoms with Crippen molar-refractivity contribution in [3.8, 4) is 0 Å². The number of amides is 1. The van der Waals surface area contributed by atoms with E-state index < -0.39 is 5.54 Å². The summed E-state index contributed by atoms with van der Waals surface area (Å²) in [7, 11) is 0. The lowest BCUT2D eigenvalue weighted by Crippen LogP contribution is -2.55. The molecular formula is C15H29N3O2. The third-order valence-electron chi connectivity index (χ3n) is 4.50. The van der Waals surface area contributed by atoms with Gasteiger partial charge in [-0.3, -0.25) is 4.79 Å². The Balaban J connectivity index is 1.80. The molecule has 0 aromatic rings. The zero-order valence-electron chi connectivity index (χ0n) is 12.9. The van der Waals surface area contributed by atoms with Gasteiger partial charge in [0.05, 0.1) is 11.6 Å². The number of nitrogens with zero attached hydrogens (tertiary/aromatic N) is 1. The highest BCUT2D eigenvalue weighted by molar-refractivity contribution is 5.84. The maximum atomic E-state index is 11.7. The Morgan fingerprint density at radius 3 is 2.70 bits per heavy atom. The van der Waals surface area contributed by atoms with E-state index in [2.05, 4.69) is 17.1 Å². The Labute approximate surface area is 122 Å². The molecule has 1 saturated carbocycles. The van der Waals surface area contributed by atoms with Gasteiger partial charge in [0.2, 0.25) is 5.91 Å². The van der Waals surface area contributed by atoms with Crippen LogP contribution in [-0.4, -0.2) is 54.7 Å². The van der Waals surface area contributed by atoms with Crippen LogP contribution in [0.3, 0.4) is 0 Å². The molecule has 2 unspecified atom stereocenters. The molecule has 2 atom stereocenters. The first kappa shape index (κ1) is 15.7. The topological polar surface area (TPSA) is 67.6 Å². The van der Waals surface area contributed by atoms with Gasteiger partial charge in [-0.25, -0.2) is 0 Å². The third kappa shape index (κ3) is 4.43. The molecule has 0 aromatic heterocycles. The normalized spacial score (nSPS) is 25.9. The zero-order chi connectivity index (χ0) is 14.6. The van der Waals surface area contributed by atoms with E-state index in [1.807, 2.05) is 6.92 Å². The summed E-state index contributed by atoms with van der Waals surface area (Å²) < 4.78 is 5.69. The lowest BCUT2D eigenvalue weighted by atomic mass is 9.96. The van der Waals surface area contributed by atoms with Crippen molar-refractivity contribution in [2.45, 2.75) is 63.6 Å². The van der Waals surface area contributed by atoms with Crippen molar-refractivity contribution in [1.82, 2.24) is 10.2 Å². The van der Waals surface area contributed by atoms with Crippen LogP contribution < -0.4 is 11.1 Å². The van der Waals surface area contributed by atoms with Crippen molar-refractivity contribution in [1.29, 1.82) is 0 Å².